The van der Waals surface area contributed by atoms with Crippen molar-refractivity contribution in [2.24, 2.45) is 11.8 Å². The predicted octanol–water partition coefficient (Wildman–Crippen LogP) is 6.30. The highest BCUT2D eigenvalue weighted by molar-refractivity contribution is 5.80. The van der Waals surface area contributed by atoms with E-state index in [0.717, 1.165) is 32.1 Å². The molecule has 6 nitrogen and oxygen atoms in total. The van der Waals surface area contributed by atoms with Crippen molar-refractivity contribution in [1.29, 1.82) is 0 Å². The predicted molar refractivity (Wildman–Crippen MR) is 145 cm³/mol. The van der Waals surface area contributed by atoms with Gasteiger partial charge in [-0.25, -0.2) is 4.98 Å². The van der Waals surface area contributed by atoms with Crippen LogP contribution in [0.1, 0.15) is 78.1 Å². The lowest BCUT2D eigenvalue weighted by molar-refractivity contribution is -0.139. The molecule has 4 rings (SSSR count). The molecule has 1 aliphatic carbocycles. The van der Waals surface area contributed by atoms with Crippen molar-refractivity contribution in [3.63, 3.8) is 0 Å². The number of hydrogen-bond acceptors (Lipinski definition) is 4. The van der Waals surface area contributed by atoms with Gasteiger partial charge in [-0.2, -0.15) is 0 Å². The molecule has 0 spiro atoms. The molecule has 1 amide bonds. The molecule has 0 bridgehead atoms. The zero-order valence-corrected chi connectivity index (χ0v) is 22.1. The van der Waals surface area contributed by atoms with Crippen LogP contribution < -0.4 is 10.3 Å². The van der Waals surface area contributed by atoms with E-state index in [-0.39, 0.29) is 23.4 Å². The summed E-state index contributed by atoms with van der Waals surface area (Å²) in [6.45, 7) is 9.42. The highest BCUT2D eigenvalue weighted by Crippen LogP contribution is 2.32. The Balaban J connectivity index is 1.88. The first-order valence-electron chi connectivity index (χ1n) is 13.5. The molecule has 0 saturated heterocycles. The smallest absolute Gasteiger partial charge is 0.266 e. The summed E-state index contributed by atoms with van der Waals surface area (Å²) in [6.07, 6.45) is 6.18. The molecule has 0 aliphatic heterocycles. The van der Waals surface area contributed by atoms with Gasteiger partial charge in [-0.05, 0) is 63.3 Å². The number of benzene rings is 2. The van der Waals surface area contributed by atoms with Crippen LogP contribution in [0.2, 0.25) is 0 Å². The van der Waals surface area contributed by atoms with Crippen LogP contribution in [0.3, 0.4) is 0 Å². The van der Waals surface area contributed by atoms with Crippen LogP contribution in [0.25, 0.3) is 16.6 Å². The molecule has 1 saturated carbocycles. The number of nitrogens with zero attached hydrogens (tertiary/aromatic N) is 3. The third kappa shape index (κ3) is 5.48. The van der Waals surface area contributed by atoms with Gasteiger partial charge < -0.3 is 9.64 Å². The van der Waals surface area contributed by atoms with Crippen molar-refractivity contribution in [3.05, 3.63) is 64.7 Å². The van der Waals surface area contributed by atoms with Gasteiger partial charge in [-0.15, -0.1) is 0 Å². The van der Waals surface area contributed by atoms with Gasteiger partial charge in [-0.1, -0.05) is 57.4 Å². The molecule has 0 N–H and O–H groups in total. The number of ether oxygens (including phenoxy) is 1. The van der Waals surface area contributed by atoms with E-state index in [2.05, 4.69) is 13.8 Å². The Hall–Kier alpha value is -3.15. The summed E-state index contributed by atoms with van der Waals surface area (Å²) in [6, 6.07) is 14.6. The largest absolute Gasteiger partial charge is 0.492 e. The number of aromatic nitrogens is 2. The number of carbonyl (C=O) groups excluding carboxylic acids is 1. The molecule has 1 fully saturated rings. The van der Waals surface area contributed by atoms with E-state index in [1.54, 1.807) is 4.57 Å². The SMILES string of the molecule is CCOc1ccccc1-n1c(C(C)N(CCC(C)C)C(=O)C2CCCCC2)nc2ccccc2c1=O. The van der Waals surface area contributed by atoms with Crippen molar-refractivity contribution in [2.45, 2.75) is 72.3 Å². The average Bonchev–Trinajstić information content (AvgIpc) is 2.89. The fourth-order valence-electron chi connectivity index (χ4n) is 5.20. The standard InChI is InChI=1S/C30H39N3O3/c1-5-36-27-18-12-11-17-26(27)33-28(31-25-16-10-9-15-24(25)30(33)35)22(4)32(20-19-21(2)3)29(34)23-13-7-6-8-14-23/h9-12,15-18,21-23H,5-8,13-14,19-20H2,1-4H3. The minimum atomic E-state index is -0.370. The Kier molecular flexibility index (Phi) is 8.44. The summed E-state index contributed by atoms with van der Waals surface area (Å²) < 4.78 is 7.57. The van der Waals surface area contributed by atoms with Gasteiger partial charge in [0.15, 0.2) is 0 Å². The zero-order chi connectivity index (χ0) is 25.7. The van der Waals surface area contributed by atoms with Crippen LogP contribution in [0.4, 0.5) is 0 Å². The first-order chi connectivity index (χ1) is 17.4. The highest BCUT2D eigenvalue weighted by Gasteiger charge is 2.32. The van der Waals surface area contributed by atoms with Crippen LogP contribution in [-0.4, -0.2) is 33.5 Å². The number of rotatable bonds is 9. The normalized spacial score (nSPS) is 15.2. The molecule has 0 radical (unpaired) electrons. The van der Waals surface area contributed by atoms with Gasteiger partial charge in [-0.3, -0.25) is 14.2 Å². The molecule has 1 aliphatic rings. The Labute approximate surface area is 214 Å². The maximum absolute atomic E-state index is 13.9. The molecule has 1 aromatic heterocycles. The van der Waals surface area contributed by atoms with E-state index < -0.39 is 0 Å². The van der Waals surface area contributed by atoms with E-state index in [0.29, 0.717) is 47.2 Å². The average molecular weight is 490 g/mol. The maximum Gasteiger partial charge on any atom is 0.266 e. The zero-order valence-electron chi connectivity index (χ0n) is 22.1. The Morgan fingerprint density at radius 1 is 1.06 bits per heavy atom. The quantitative estimate of drug-likeness (QED) is 0.354. The summed E-state index contributed by atoms with van der Waals surface area (Å²) in [7, 11) is 0. The molecule has 1 heterocycles. The summed E-state index contributed by atoms with van der Waals surface area (Å²) in [5.41, 5.74) is 1.14. The second-order valence-electron chi connectivity index (χ2n) is 10.3. The first-order valence-corrected chi connectivity index (χ1v) is 13.5. The highest BCUT2D eigenvalue weighted by atomic mass is 16.5. The van der Waals surface area contributed by atoms with Gasteiger partial charge in [0.1, 0.15) is 11.6 Å². The lowest BCUT2D eigenvalue weighted by Gasteiger charge is -2.35. The van der Waals surface area contributed by atoms with Gasteiger partial charge in [0.05, 0.1) is 29.2 Å². The van der Waals surface area contributed by atoms with Crippen molar-refractivity contribution < 1.29 is 9.53 Å². The summed E-state index contributed by atoms with van der Waals surface area (Å²) >= 11 is 0. The van der Waals surface area contributed by atoms with Crippen LogP contribution >= 0.6 is 0 Å². The van der Waals surface area contributed by atoms with E-state index in [4.69, 9.17) is 9.72 Å². The van der Waals surface area contributed by atoms with Crippen molar-refractivity contribution in [1.82, 2.24) is 14.5 Å². The second kappa shape index (κ2) is 11.7. The number of carbonyl (C=O) groups is 1. The van der Waals surface area contributed by atoms with Crippen LogP contribution in [0.15, 0.2) is 53.3 Å². The topological polar surface area (TPSA) is 64.4 Å². The summed E-state index contributed by atoms with van der Waals surface area (Å²) in [4.78, 5) is 34.8. The van der Waals surface area contributed by atoms with Crippen LogP contribution in [0.5, 0.6) is 5.75 Å². The van der Waals surface area contributed by atoms with Crippen molar-refractivity contribution >= 4 is 16.8 Å². The van der Waals surface area contributed by atoms with E-state index in [9.17, 15) is 9.59 Å². The molecule has 1 unspecified atom stereocenters. The van der Waals surface area contributed by atoms with Crippen LogP contribution in [0, 0.1) is 11.8 Å². The lowest BCUT2D eigenvalue weighted by Crippen LogP contribution is -2.42. The van der Waals surface area contributed by atoms with Gasteiger partial charge in [0.2, 0.25) is 5.91 Å². The van der Waals surface area contributed by atoms with Gasteiger partial charge >= 0.3 is 0 Å². The molecule has 192 valence electrons. The second-order valence-corrected chi connectivity index (χ2v) is 10.3. The van der Waals surface area contributed by atoms with Crippen LogP contribution in [-0.2, 0) is 4.79 Å². The van der Waals surface area contributed by atoms with Crippen molar-refractivity contribution in [2.75, 3.05) is 13.2 Å². The Morgan fingerprint density at radius 3 is 2.47 bits per heavy atom. The molecule has 6 heteroatoms. The Bertz CT molecular complexity index is 1240. The van der Waals surface area contributed by atoms with Gasteiger partial charge in [0, 0.05) is 12.5 Å². The number of hydrogen-bond donors (Lipinski definition) is 0. The minimum Gasteiger partial charge on any atom is -0.492 e. The van der Waals surface area contributed by atoms with E-state index >= 15 is 0 Å². The fourth-order valence-corrected chi connectivity index (χ4v) is 5.20. The Morgan fingerprint density at radius 2 is 1.75 bits per heavy atom. The molecule has 36 heavy (non-hydrogen) atoms. The monoisotopic (exact) mass is 489 g/mol. The molecule has 2 aromatic carbocycles. The fraction of sp³-hybridized carbons (Fsp3) is 0.500. The lowest BCUT2D eigenvalue weighted by atomic mass is 9.87. The molecular formula is C30H39N3O3. The minimum absolute atomic E-state index is 0.0460. The third-order valence-corrected chi connectivity index (χ3v) is 7.23. The van der Waals surface area contributed by atoms with E-state index in [1.165, 1.54) is 6.42 Å². The summed E-state index contributed by atoms with van der Waals surface area (Å²) in [5, 5.41) is 0.548. The number of amides is 1. The third-order valence-electron chi connectivity index (χ3n) is 7.23. The first kappa shape index (κ1) is 25.9. The number of para-hydroxylation sites is 3. The maximum atomic E-state index is 13.9. The van der Waals surface area contributed by atoms with Crippen molar-refractivity contribution in [3.8, 4) is 11.4 Å². The number of fused-ring (bicyclic) bond motifs is 1. The van der Waals surface area contributed by atoms with Gasteiger partial charge in [0.25, 0.3) is 5.56 Å². The molecule has 3 aromatic rings. The summed E-state index contributed by atoms with van der Waals surface area (Å²) in [5.74, 6) is 1.89. The van der Waals surface area contributed by atoms with E-state index in [1.807, 2.05) is 67.3 Å². The molecular weight excluding hydrogens is 450 g/mol. The molecule has 1 atom stereocenters.